The lowest BCUT2D eigenvalue weighted by Crippen LogP contribution is -2.44. The Balaban J connectivity index is 1.62. The van der Waals surface area contributed by atoms with Gasteiger partial charge in [-0.05, 0) is 50.7 Å². The number of hydrogen-bond acceptors (Lipinski definition) is 3. The van der Waals surface area contributed by atoms with Gasteiger partial charge < -0.3 is 20.0 Å². The van der Waals surface area contributed by atoms with Crippen molar-refractivity contribution < 1.29 is 4.79 Å². The molecule has 5 nitrogen and oxygen atoms in total. The molecule has 0 bridgehead atoms. The van der Waals surface area contributed by atoms with Gasteiger partial charge in [0.1, 0.15) is 0 Å². The van der Waals surface area contributed by atoms with Crippen molar-refractivity contribution in [3.63, 3.8) is 0 Å². The Labute approximate surface area is 162 Å². The smallest absolute Gasteiger partial charge is 0.322 e. The monoisotopic (exact) mass is 366 g/mol. The van der Waals surface area contributed by atoms with Crippen LogP contribution in [0.5, 0.6) is 0 Å². The normalized spacial score (nSPS) is 15.0. The third kappa shape index (κ3) is 5.23. The average molecular weight is 367 g/mol. The summed E-state index contributed by atoms with van der Waals surface area (Å²) in [6.07, 6.45) is 0. The summed E-state index contributed by atoms with van der Waals surface area (Å²) in [5.41, 5.74) is 3.18. The average Bonchev–Trinajstić information content (AvgIpc) is 2.68. The molecule has 0 radical (unpaired) electrons. The molecule has 1 fully saturated rings. The summed E-state index contributed by atoms with van der Waals surface area (Å²) in [6, 6.07) is 18.3. The summed E-state index contributed by atoms with van der Waals surface area (Å²) in [6.45, 7) is 8.94. The first-order chi connectivity index (χ1) is 13.0. The molecule has 1 aliphatic rings. The standard InChI is InChI=1S/C22H30N4O/c1-18(2)26(17-19-7-5-4-6-8-19)22(27)23-20-9-11-21(12-10-20)25-15-13-24(3)14-16-25/h4-12,18H,13-17H2,1-3H3,(H,23,27). The summed E-state index contributed by atoms with van der Waals surface area (Å²) in [5, 5.41) is 3.04. The van der Waals surface area contributed by atoms with Crippen molar-refractivity contribution in [2.75, 3.05) is 43.4 Å². The van der Waals surface area contributed by atoms with Crippen LogP contribution in [0, 0.1) is 0 Å². The van der Waals surface area contributed by atoms with E-state index in [4.69, 9.17) is 0 Å². The third-order valence-corrected chi connectivity index (χ3v) is 5.07. The van der Waals surface area contributed by atoms with E-state index in [0.717, 1.165) is 37.4 Å². The van der Waals surface area contributed by atoms with Crippen molar-refractivity contribution >= 4 is 17.4 Å². The number of rotatable bonds is 5. The topological polar surface area (TPSA) is 38.8 Å². The summed E-state index contributed by atoms with van der Waals surface area (Å²) < 4.78 is 0. The van der Waals surface area contributed by atoms with Gasteiger partial charge in [0.15, 0.2) is 0 Å². The van der Waals surface area contributed by atoms with Gasteiger partial charge in [0.25, 0.3) is 0 Å². The lowest BCUT2D eigenvalue weighted by atomic mass is 10.2. The molecular formula is C22H30N4O. The lowest BCUT2D eigenvalue weighted by Gasteiger charge is -2.34. The van der Waals surface area contributed by atoms with E-state index in [-0.39, 0.29) is 12.1 Å². The molecule has 1 saturated heterocycles. The number of carbonyl (C=O) groups is 1. The van der Waals surface area contributed by atoms with Gasteiger partial charge in [-0.1, -0.05) is 30.3 Å². The Morgan fingerprint density at radius 2 is 1.63 bits per heavy atom. The maximum atomic E-state index is 12.8. The number of amides is 2. The second-order valence-electron chi connectivity index (χ2n) is 7.47. The maximum absolute atomic E-state index is 12.8. The molecule has 3 rings (SSSR count). The number of carbonyl (C=O) groups excluding carboxylic acids is 1. The zero-order valence-corrected chi connectivity index (χ0v) is 16.6. The number of nitrogens with one attached hydrogen (secondary N) is 1. The van der Waals surface area contributed by atoms with Gasteiger partial charge in [0, 0.05) is 50.1 Å². The highest BCUT2D eigenvalue weighted by Crippen LogP contribution is 2.20. The first-order valence-electron chi connectivity index (χ1n) is 9.68. The van der Waals surface area contributed by atoms with Crippen LogP contribution < -0.4 is 10.2 Å². The van der Waals surface area contributed by atoms with E-state index in [0.29, 0.717) is 6.54 Å². The third-order valence-electron chi connectivity index (χ3n) is 5.07. The Morgan fingerprint density at radius 3 is 2.22 bits per heavy atom. The van der Waals surface area contributed by atoms with E-state index >= 15 is 0 Å². The molecular weight excluding hydrogens is 336 g/mol. The molecule has 0 aliphatic carbocycles. The van der Waals surface area contributed by atoms with Crippen molar-refractivity contribution in [3.8, 4) is 0 Å². The van der Waals surface area contributed by atoms with Crippen LogP contribution in [0.3, 0.4) is 0 Å². The predicted molar refractivity (Wildman–Crippen MR) is 112 cm³/mol. The fourth-order valence-electron chi connectivity index (χ4n) is 3.28. The van der Waals surface area contributed by atoms with E-state index in [2.05, 4.69) is 34.3 Å². The van der Waals surface area contributed by atoms with Crippen LogP contribution in [-0.2, 0) is 6.54 Å². The first-order valence-corrected chi connectivity index (χ1v) is 9.68. The van der Waals surface area contributed by atoms with Crippen LogP contribution in [0.2, 0.25) is 0 Å². The highest BCUT2D eigenvalue weighted by molar-refractivity contribution is 5.89. The van der Waals surface area contributed by atoms with Gasteiger partial charge in [-0.25, -0.2) is 4.79 Å². The Kier molecular flexibility index (Phi) is 6.35. The van der Waals surface area contributed by atoms with Crippen molar-refractivity contribution in [2.24, 2.45) is 0 Å². The number of piperazine rings is 1. The van der Waals surface area contributed by atoms with E-state index in [1.807, 2.05) is 61.2 Å². The van der Waals surface area contributed by atoms with Crippen LogP contribution >= 0.6 is 0 Å². The number of nitrogens with zero attached hydrogens (tertiary/aromatic N) is 3. The van der Waals surface area contributed by atoms with Crippen LogP contribution in [0.1, 0.15) is 19.4 Å². The van der Waals surface area contributed by atoms with Gasteiger partial charge in [0.2, 0.25) is 0 Å². The molecule has 0 atom stereocenters. The molecule has 27 heavy (non-hydrogen) atoms. The van der Waals surface area contributed by atoms with Crippen molar-refractivity contribution in [2.45, 2.75) is 26.4 Å². The van der Waals surface area contributed by atoms with Crippen molar-refractivity contribution in [1.82, 2.24) is 9.80 Å². The second kappa shape index (κ2) is 8.91. The summed E-state index contributed by atoms with van der Waals surface area (Å²) >= 11 is 0. The van der Waals surface area contributed by atoms with E-state index in [9.17, 15) is 4.79 Å². The molecule has 1 aliphatic heterocycles. The minimum absolute atomic E-state index is 0.0683. The minimum Gasteiger partial charge on any atom is -0.369 e. The molecule has 0 unspecified atom stereocenters. The summed E-state index contributed by atoms with van der Waals surface area (Å²) in [7, 11) is 2.16. The van der Waals surface area contributed by atoms with Gasteiger partial charge in [-0.2, -0.15) is 0 Å². The van der Waals surface area contributed by atoms with Gasteiger partial charge >= 0.3 is 6.03 Å². The maximum Gasteiger partial charge on any atom is 0.322 e. The van der Waals surface area contributed by atoms with E-state index in [1.165, 1.54) is 5.69 Å². The number of urea groups is 1. The number of benzene rings is 2. The van der Waals surface area contributed by atoms with Crippen molar-refractivity contribution in [3.05, 3.63) is 60.2 Å². The Bertz CT molecular complexity index is 722. The molecule has 2 aromatic rings. The molecule has 2 amide bonds. The molecule has 1 heterocycles. The van der Waals surface area contributed by atoms with Gasteiger partial charge in [0.05, 0.1) is 0 Å². The van der Waals surface area contributed by atoms with E-state index in [1.54, 1.807) is 0 Å². The zero-order chi connectivity index (χ0) is 19.2. The number of likely N-dealkylation sites (N-methyl/N-ethyl adjacent to an activating group) is 1. The number of hydrogen-bond donors (Lipinski definition) is 1. The Hall–Kier alpha value is -2.53. The van der Waals surface area contributed by atoms with E-state index < -0.39 is 0 Å². The fourth-order valence-corrected chi connectivity index (χ4v) is 3.28. The highest BCUT2D eigenvalue weighted by atomic mass is 16.2. The lowest BCUT2D eigenvalue weighted by molar-refractivity contribution is 0.193. The summed E-state index contributed by atoms with van der Waals surface area (Å²) in [5.74, 6) is 0. The minimum atomic E-state index is -0.0683. The quantitative estimate of drug-likeness (QED) is 0.873. The highest BCUT2D eigenvalue weighted by Gasteiger charge is 2.18. The zero-order valence-electron chi connectivity index (χ0n) is 16.6. The SMILES string of the molecule is CC(C)N(Cc1ccccc1)C(=O)Nc1ccc(N2CCN(C)CC2)cc1. The Morgan fingerprint density at radius 1 is 1.00 bits per heavy atom. The van der Waals surface area contributed by atoms with Gasteiger partial charge in [-0.15, -0.1) is 0 Å². The summed E-state index contributed by atoms with van der Waals surface area (Å²) in [4.78, 5) is 19.4. The largest absolute Gasteiger partial charge is 0.369 e. The van der Waals surface area contributed by atoms with Crippen LogP contribution in [-0.4, -0.2) is 55.1 Å². The predicted octanol–water partition coefficient (Wildman–Crippen LogP) is 3.88. The molecule has 0 spiro atoms. The second-order valence-corrected chi connectivity index (χ2v) is 7.47. The van der Waals surface area contributed by atoms with Crippen LogP contribution in [0.25, 0.3) is 0 Å². The fraction of sp³-hybridized carbons (Fsp3) is 0.409. The molecule has 0 aromatic heterocycles. The first kappa shape index (κ1) is 19.2. The molecule has 1 N–H and O–H groups in total. The van der Waals surface area contributed by atoms with Crippen molar-refractivity contribution in [1.29, 1.82) is 0 Å². The number of anilines is 2. The van der Waals surface area contributed by atoms with Crippen LogP contribution in [0.4, 0.5) is 16.2 Å². The van der Waals surface area contributed by atoms with Crippen LogP contribution in [0.15, 0.2) is 54.6 Å². The molecule has 5 heteroatoms. The molecule has 2 aromatic carbocycles. The van der Waals surface area contributed by atoms with Gasteiger partial charge in [-0.3, -0.25) is 0 Å². The molecule has 144 valence electrons. The molecule has 0 saturated carbocycles.